The minimum Gasteiger partial charge on any atom is -0.347 e. The molecule has 0 aromatic heterocycles. The van der Waals surface area contributed by atoms with Crippen LogP contribution in [0, 0.1) is 0 Å². The molecule has 0 saturated heterocycles. The van der Waals surface area contributed by atoms with Crippen LogP contribution in [0.4, 0.5) is 0 Å². The van der Waals surface area contributed by atoms with Crippen LogP contribution in [0.1, 0.15) is 28.8 Å². The Kier molecular flexibility index (Phi) is 3.08. The van der Waals surface area contributed by atoms with Gasteiger partial charge in [0, 0.05) is 26.2 Å². The predicted molar refractivity (Wildman–Crippen MR) is 60.5 cm³/mol. The van der Waals surface area contributed by atoms with Gasteiger partial charge >= 0.3 is 0 Å². The summed E-state index contributed by atoms with van der Waals surface area (Å²) in [6.45, 7) is 0. The van der Waals surface area contributed by atoms with Crippen LogP contribution in [-0.2, 0) is 15.9 Å². The van der Waals surface area contributed by atoms with E-state index in [9.17, 15) is 4.79 Å². The average Bonchev–Trinajstić information content (AvgIpc) is 2.48. The molecule has 0 bridgehead atoms. The van der Waals surface area contributed by atoms with Crippen LogP contribution < -0.4 is 0 Å². The maximum atomic E-state index is 12.4. The molecule has 0 atom stereocenters. The van der Waals surface area contributed by atoms with Crippen LogP contribution in [0.5, 0.6) is 0 Å². The Morgan fingerprint density at radius 3 is 2.56 bits per heavy atom. The standard InChI is InChI=1S/C13H16O3/c1-15-13(16-2)9-5-7-10-6-3-4-8-11(10)12(13)14/h3-4,6,8H,5,7,9H2,1-2H3. The molecule has 0 fully saturated rings. The lowest BCUT2D eigenvalue weighted by Gasteiger charge is -2.27. The molecule has 0 aliphatic heterocycles. The van der Waals surface area contributed by atoms with Crippen molar-refractivity contribution in [2.45, 2.75) is 25.0 Å². The van der Waals surface area contributed by atoms with Crippen molar-refractivity contribution in [2.75, 3.05) is 14.2 Å². The number of Topliss-reactive ketones (excluding diaryl/α,β-unsaturated/α-hetero) is 1. The zero-order chi connectivity index (χ0) is 11.6. The molecule has 1 aromatic carbocycles. The molecule has 0 radical (unpaired) electrons. The smallest absolute Gasteiger partial charge is 0.233 e. The van der Waals surface area contributed by atoms with Gasteiger partial charge in [0.05, 0.1) is 0 Å². The molecule has 1 aliphatic carbocycles. The number of fused-ring (bicyclic) bond motifs is 1. The number of ether oxygens (including phenoxy) is 2. The van der Waals surface area contributed by atoms with Gasteiger partial charge in [-0.1, -0.05) is 24.3 Å². The van der Waals surface area contributed by atoms with E-state index in [1.54, 1.807) is 0 Å². The first-order valence-electron chi connectivity index (χ1n) is 5.46. The molecule has 0 spiro atoms. The van der Waals surface area contributed by atoms with Crippen molar-refractivity contribution in [2.24, 2.45) is 0 Å². The fraction of sp³-hybridized carbons (Fsp3) is 0.462. The number of benzene rings is 1. The second-order valence-corrected chi connectivity index (χ2v) is 4.00. The van der Waals surface area contributed by atoms with Crippen LogP contribution in [0.3, 0.4) is 0 Å². The Morgan fingerprint density at radius 1 is 1.19 bits per heavy atom. The van der Waals surface area contributed by atoms with Gasteiger partial charge in [-0.15, -0.1) is 0 Å². The van der Waals surface area contributed by atoms with Crippen molar-refractivity contribution in [1.29, 1.82) is 0 Å². The fourth-order valence-electron chi connectivity index (χ4n) is 2.26. The van der Waals surface area contributed by atoms with Crippen LogP contribution in [0.25, 0.3) is 0 Å². The van der Waals surface area contributed by atoms with Gasteiger partial charge in [-0.3, -0.25) is 4.79 Å². The van der Waals surface area contributed by atoms with Crippen molar-refractivity contribution < 1.29 is 14.3 Å². The van der Waals surface area contributed by atoms with E-state index in [0.717, 1.165) is 24.0 Å². The molecule has 0 amide bonds. The van der Waals surface area contributed by atoms with E-state index in [0.29, 0.717) is 6.42 Å². The minimum absolute atomic E-state index is 0.0643. The number of ketones is 1. The highest BCUT2D eigenvalue weighted by atomic mass is 16.7. The maximum absolute atomic E-state index is 12.4. The summed E-state index contributed by atoms with van der Waals surface area (Å²) >= 11 is 0. The summed E-state index contributed by atoms with van der Waals surface area (Å²) in [5.74, 6) is -1.15. The van der Waals surface area contributed by atoms with E-state index in [-0.39, 0.29) is 5.78 Å². The van der Waals surface area contributed by atoms with E-state index < -0.39 is 5.79 Å². The molecule has 3 heteroatoms. The first kappa shape index (κ1) is 11.3. The van der Waals surface area contributed by atoms with Crippen molar-refractivity contribution >= 4 is 5.78 Å². The summed E-state index contributed by atoms with van der Waals surface area (Å²) in [6.07, 6.45) is 2.40. The fourth-order valence-corrected chi connectivity index (χ4v) is 2.26. The number of hydrogen-bond acceptors (Lipinski definition) is 3. The molecular weight excluding hydrogens is 204 g/mol. The maximum Gasteiger partial charge on any atom is 0.233 e. The molecule has 0 N–H and O–H groups in total. The van der Waals surface area contributed by atoms with Gasteiger partial charge < -0.3 is 9.47 Å². The quantitative estimate of drug-likeness (QED) is 0.566. The predicted octanol–water partition coefficient (Wildman–Crippen LogP) is 2.19. The molecule has 2 rings (SSSR count). The molecule has 16 heavy (non-hydrogen) atoms. The Morgan fingerprint density at radius 2 is 1.88 bits per heavy atom. The summed E-state index contributed by atoms with van der Waals surface area (Å²) < 4.78 is 10.6. The van der Waals surface area contributed by atoms with E-state index in [4.69, 9.17) is 9.47 Å². The summed E-state index contributed by atoms with van der Waals surface area (Å²) in [7, 11) is 3.05. The third-order valence-corrected chi connectivity index (χ3v) is 3.22. The second kappa shape index (κ2) is 4.36. The van der Waals surface area contributed by atoms with Crippen molar-refractivity contribution in [1.82, 2.24) is 0 Å². The lowest BCUT2D eigenvalue weighted by Crippen LogP contribution is -2.42. The molecule has 0 unspecified atom stereocenters. The van der Waals surface area contributed by atoms with Gasteiger partial charge in [-0.05, 0) is 18.4 Å². The van der Waals surface area contributed by atoms with Crippen LogP contribution >= 0.6 is 0 Å². The van der Waals surface area contributed by atoms with Crippen LogP contribution in [-0.4, -0.2) is 25.8 Å². The van der Waals surface area contributed by atoms with Gasteiger partial charge in [0.1, 0.15) is 0 Å². The number of rotatable bonds is 2. The Hall–Kier alpha value is -1.19. The van der Waals surface area contributed by atoms with Gasteiger partial charge in [-0.25, -0.2) is 0 Å². The van der Waals surface area contributed by atoms with E-state index >= 15 is 0 Å². The monoisotopic (exact) mass is 220 g/mol. The first-order valence-corrected chi connectivity index (χ1v) is 5.46. The Labute approximate surface area is 95.4 Å². The third kappa shape index (κ3) is 1.66. The summed E-state index contributed by atoms with van der Waals surface area (Å²) in [4.78, 5) is 12.4. The molecule has 1 aromatic rings. The highest BCUT2D eigenvalue weighted by Gasteiger charge is 2.41. The van der Waals surface area contributed by atoms with E-state index in [2.05, 4.69) is 0 Å². The Balaban J connectivity index is 2.48. The zero-order valence-electron chi connectivity index (χ0n) is 9.66. The van der Waals surface area contributed by atoms with E-state index in [1.165, 1.54) is 14.2 Å². The summed E-state index contributed by atoms with van der Waals surface area (Å²) in [5.41, 5.74) is 1.81. The lowest BCUT2D eigenvalue weighted by atomic mass is 10.00. The van der Waals surface area contributed by atoms with Gasteiger partial charge in [0.2, 0.25) is 11.6 Å². The number of carbonyl (C=O) groups excluding carboxylic acids is 1. The van der Waals surface area contributed by atoms with Crippen molar-refractivity contribution in [3.63, 3.8) is 0 Å². The average molecular weight is 220 g/mol. The normalized spacial score (nSPS) is 19.0. The molecular formula is C13H16O3. The molecule has 3 nitrogen and oxygen atoms in total. The van der Waals surface area contributed by atoms with Gasteiger partial charge in [-0.2, -0.15) is 0 Å². The largest absolute Gasteiger partial charge is 0.347 e. The summed E-state index contributed by atoms with van der Waals surface area (Å²) in [5, 5.41) is 0. The lowest BCUT2D eigenvalue weighted by molar-refractivity contribution is -0.172. The molecule has 86 valence electrons. The first-order chi connectivity index (χ1) is 7.73. The Bertz CT molecular complexity index is 394. The highest BCUT2D eigenvalue weighted by Crippen LogP contribution is 2.30. The van der Waals surface area contributed by atoms with Crippen molar-refractivity contribution in [3.8, 4) is 0 Å². The number of carbonyl (C=O) groups is 1. The summed E-state index contributed by atoms with van der Waals surface area (Å²) in [6, 6.07) is 7.67. The second-order valence-electron chi connectivity index (χ2n) is 4.00. The number of aryl methyl sites for hydroxylation is 1. The van der Waals surface area contributed by atoms with Crippen LogP contribution in [0.15, 0.2) is 24.3 Å². The topological polar surface area (TPSA) is 35.5 Å². The van der Waals surface area contributed by atoms with Gasteiger partial charge in [0.25, 0.3) is 0 Å². The highest BCUT2D eigenvalue weighted by molar-refractivity contribution is 6.03. The molecule has 0 heterocycles. The number of methoxy groups -OCH3 is 2. The molecule has 0 saturated carbocycles. The van der Waals surface area contributed by atoms with E-state index in [1.807, 2.05) is 24.3 Å². The zero-order valence-corrected chi connectivity index (χ0v) is 9.66. The third-order valence-electron chi connectivity index (χ3n) is 3.22. The number of hydrogen-bond donors (Lipinski definition) is 0. The van der Waals surface area contributed by atoms with Crippen molar-refractivity contribution in [3.05, 3.63) is 35.4 Å². The van der Waals surface area contributed by atoms with Gasteiger partial charge in [0.15, 0.2) is 0 Å². The molecule has 1 aliphatic rings. The minimum atomic E-state index is -1.09. The van der Waals surface area contributed by atoms with Crippen LogP contribution in [0.2, 0.25) is 0 Å². The SMILES string of the molecule is COC1(OC)CCCc2ccccc2C1=O.